The molecule has 0 aliphatic carbocycles. The molecule has 3 saturated heterocycles. The molecule has 1 aromatic heterocycles. The predicted molar refractivity (Wildman–Crippen MR) is 99.6 cm³/mol. The summed E-state index contributed by atoms with van der Waals surface area (Å²) in [6.07, 6.45) is 0.902. The number of nitrogens with zero attached hydrogens (tertiary/aromatic N) is 2. The van der Waals surface area contributed by atoms with Gasteiger partial charge in [-0.3, -0.25) is 19.2 Å². The molecule has 9 nitrogen and oxygen atoms in total. The Morgan fingerprint density at radius 1 is 1.39 bits per heavy atom. The molecule has 10 heteroatoms. The molecular formula is C18H22N4O5S. The highest BCUT2D eigenvalue weighted by Crippen LogP contribution is 2.30. The zero-order valence-electron chi connectivity index (χ0n) is 15.4. The summed E-state index contributed by atoms with van der Waals surface area (Å²) < 4.78 is 4.81. The molecule has 3 aliphatic heterocycles. The summed E-state index contributed by atoms with van der Waals surface area (Å²) in [5.41, 5.74) is 0. The second-order valence-corrected chi connectivity index (χ2v) is 8.21. The number of nitrogens with one attached hydrogen (secondary N) is 2. The maximum absolute atomic E-state index is 13.3. The lowest BCUT2D eigenvalue weighted by atomic mass is 10.1. The fourth-order valence-corrected chi connectivity index (χ4v) is 4.98. The van der Waals surface area contributed by atoms with E-state index in [9.17, 15) is 19.2 Å². The first-order chi connectivity index (χ1) is 13.5. The molecule has 3 fully saturated rings. The summed E-state index contributed by atoms with van der Waals surface area (Å²) in [6, 6.07) is 1.49. The van der Waals surface area contributed by atoms with E-state index in [-0.39, 0.29) is 48.9 Å². The Morgan fingerprint density at radius 2 is 2.21 bits per heavy atom. The lowest BCUT2D eigenvalue weighted by molar-refractivity contribution is -0.138. The van der Waals surface area contributed by atoms with Crippen molar-refractivity contribution < 1.29 is 23.9 Å². The predicted octanol–water partition coefficient (Wildman–Crippen LogP) is -0.807. The highest BCUT2D eigenvalue weighted by Gasteiger charge is 2.52. The minimum atomic E-state index is -0.711. The smallest absolute Gasteiger partial charge is 0.264 e. The molecule has 4 unspecified atom stereocenters. The summed E-state index contributed by atoms with van der Waals surface area (Å²) in [5, 5.41) is 7.56. The number of methoxy groups -OCH3 is 1. The van der Waals surface area contributed by atoms with Crippen molar-refractivity contribution in [3.05, 3.63) is 22.4 Å². The SMILES string of the molecule is COCC(=O)NC1CC2C(=O)NC3CCN(C(=O)c4cccs4)C3C(=O)N2C1. The first kappa shape index (κ1) is 18.9. The largest absolute Gasteiger partial charge is 0.375 e. The van der Waals surface area contributed by atoms with Crippen LogP contribution in [0.2, 0.25) is 0 Å². The quantitative estimate of drug-likeness (QED) is 0.680. The van der Waals surface area contributed by atoms with Gasteiger partial charge in [0.1, 0.15) is 18.7 Å². The number of carbonyl (C=O) groups is 4. The number of likely N-dealkylation sites (tertiary alicyclic amines) is 1. The van der Waals surface area contributed by atoms with Gasteiger partial charge in [-0.2, -0.15) is 0 Å². The number of amides is 4. The standard InChI is InChI=1S/C18H22N4O5S/c1-27-9-14(23)19-10-7-12-16(24)20-11-4-5-21(15(11)18(26)22(12)8-10)17(25)13-3-2-6-28-13/h2-3,6,10-12,15H,4-5,7-9H2,1H3,(H,19,23)(H,20,24). The van der Waals surface area contributed by atoms with E-state index in [2.05, 4.69) is 10.6 Å². The lowest BCUT2D eigenvalue weighted by Gasteiger charge is -2.29. The Morgan fingerprint density at radius 3 is 2.93 bits per heavy atom. The zero-order valence-corrected chi connectivity index (χ0v) is 16.2. The monoisotopic (exact) mass is 406 g/mol. The molecule has 150 valence electrons. The first-order valence-electron chi connectivity index (χ1n) is 9.23. The summed E-state index contributed by atoms with van der Waals surface area (Å²) >= 11 is 1.33. The van der Waals surface area contributed by atoms with E-state index >= 15 is 0 Å². The molecule has 4 atom stereocenters. The van der Waals surface area contributed by atoms with Gasteiger partial charge in [0.15, 0.2) is 0 Å². The first-order valence-corrected chi connectivity index (χ1v) is 10.1. The third-order valence-electron chi connectivity index (χ3n) is 5.50. The molecule has 0 radical (unpaired) electrons. The van der Waals surface area contributed by atoms with Crippen molar-refractivity contribution in [2.75, 3.05) is 26.8 Å². The van der Waals surface area contributed by atoms with Gasteiger partial charge >= 0.3 is 0 Å². The van der Waals surface area contributed by atoms with Crippen LogP contribution in [0.4, 0.5) is 0 Å². The Labute approximate surface area is 166 Å². The van der Waals surface area contributed by atoms with Crippen molar-refractivity contribution in [3.8, 4) is 0 Å². The van der Waals surface area contributed by atoms with Gasteiger partial charge in [-0.1, -0.05) is 6.07 Å². The minimum absolute atomic E-state index is 0.0743. The normalized spacial score (nSPS) is 29.2. The molecule has 0 spiro atoms. The van der Waals surface area contributed by atoms with Crippen LogP contribution < -0.4 is 10.6 Å². The van der Waals surface area contributed by atoms with E-state index < -0.39 is 12.1 Å². The van der Waals surface area contributed by atoms with Gasteiger partial charge in [-0.25, -0.2) is 0 Å². The van der Waals surface area contributed by atoms with Crippen molar-refractivity contribution in [2.24, 2.45) is 0 Å². The van der Waals surface area contributed by atoms with Crippen molar-refractivity contribution in [1.29, 1.82) is 0 Å². The number of carbonyl (C=O) groups excluding carboxylic acids is 4. The number of hydrogen-bond acceptors (Lipinski definition) is 6. The van der Waals surface area contributed by atoms with Crippen LogP contribution in [0, 0.1) is 0 Å². The highest BCUT2D eigenvalue weighted by atomic mass is 32.1. The van der Waals surface area contributed by atoms with Crippen LogP contribution in [0.25, 0.3) is 0 Å². The van der Waals surface area contributed by atoms with Crippen molar-refractivity contribution in [3.63, 3.8) is 0 Å². The highest BCUT2D eigenvalue weighted by molar-refractivity contribution is 7.12. The number of ether oxygens (including phenoxy) is 1. The summed E-state index contributed by atoms with van der Waals surface area (Å²) in [5.74, 6) is -0.937. The van der Waals surface area contributed by atoms with Gasteiger partial charge < -0.3 is 25.2 Å². The fourth-order valence-electron chi connectivity index (χ4n) is 4.30. The van der Waals surface area contributed by atoms with Crippen LogP contribution in [-0.2, 0) is 19.1 Å². The molecule has 0 bridgehead atoms. The Balaban J connectivity index is 1.54. The van der Waals surface area contributed by atoms with E-state index in [1.165, 1.54) is 23.3 Å². The Kier molecular flexibility index (Phi) is 5.07. The van der Waals surface area contributed by atoms with Gasteiger partial charge in [0.2, 0.25) is 17.7 Å². The molecule has 28 heavy (non-hydrogen) atoms. The Hall–Kier alpha value is -2.46. The molecule has 0 aromatic carbocycles. The number of rotatable bonds is 4. The van der Waals surface area contributed by atoms with Gasteiger partial charge in [0.25, 0.3) is 5.91 Å². The van der Waals surface area contributed by atoms with Crippen LogP contribution in [-0.4, -0.2) is 84.4 Å². The average Bonchev–Trinajstić information content (AvgIpc) is 3.39. The molecule has 4 heterocycles. The van der Waals surface area contributed by atoms with E-state index in [1.807, 2.05) is 5.38 Å². The summed E-state index contributed by atoms with van der Waals surface area (Å²) in [4.78, 5) is 54.3. The van der Waals surface area contributed by atoms with Gasteiger partial charge in [0.05, 0.1) is 10.9 Å². The van der Waals surface area contributed by atoms with Gasteiger partial charge in [-0.15, -0.1) is 11.3 Å². The number of thiophene rings is 1. The van der Waals surface area contributed by atoms with Crippen LogP contribution >= 0.6 is 11.3 Å². The summed E-state index contributed by atoms with van der Waals surface area (Å²) in [7, 11) is 1.43. The van der Waals surface area contributed by atoms with E-state index in [0.29, 0.717) is 24.3 Å². The van der Waals surface area contributed by atoms with Crippen LogP contribution in [0.1, 0.15) is 22.5 Å². The second kappa shape index (κ2) is 7.51. The van der Waals surface area contributed by atoms with Crippen molar-refractivity contribution in [1.82, 2.24) is 20.4 Å². The molecule has 2 N–H and O–H groups in total. The molecule has 1 aromatic rings. The maximum atomic E-state index is 13.3. The molecule has 4 rings (SSSR count). The van der Waals surface area contributed by atoms with Crippen molar-refractivity contribution in [2.45, 2.75) is 37.0 Å². The third-order valence-corrected chi connectivity index (χ3v) is 6.36. The van der Waals surface area contributed by atoms with Gasteiger partial charge in [0, 0.05) is 26.2 Å². The molecule has 0 saturated carbocycles. The topological polar surface area (TPSA) is 108 Å². The Bertz CT molecular complexity index is 798. The van der Waals surface area contributed by atoms with Crippen LogP contribution in [0.5, 0.6) is 0 Å². The maximum Gasteiger partial charge on any atom is 0.264 e. The number of fused-ring (bicyclic) bond motifs is 2. The molecule has 3 aliphatic rings. The average molecular weight is 406 g/mol. The zero-order chi connectivity index (χ0) is 19.8. The fraction of sp³-hybridized carbons (Fsp3) is 0.556. The van der Waals surface area contributed by atoms with E-state index in [4.69, 9.17) is 4.74 Å². The van der Waals surface area contributed by atoms with Gasteiger partial charge in [-0.05, 0) is 24.3 Å². The minimum Gasteiger partial charge on any atom is -0.375 e. The molecular weight excluding hydrogens is 384 g/mol. The van der Waals surface area contributed by atoms with Crippen LogP contribution in [0.3, 0.4) is 0 Å². The summed E-state index contributed by atoms with van der Waals surface area (Å²) in [6.45, 7) is 0.594. The van der Waals surface area contributed by atoms with E-state index in [1.54, 1.807) is 17.0 Å². The van der Waals surface area contributed by atoms with E-state index in [0.717, 1.165) is 0 Å². The third kappa shape index (κ3) is 3.26. The molecule has 4 amide bonds. The lowest BCUT2D eigenvalue weighted by Crippen LogP contribution is -2.52. The second-order valence-electron chi connectivity index (χ2n) is 7.26. The van der Waals surface area contributed by atoms with Crippen LogP contribution in [0.15, 0.2) is 17.5 Å². The number of hydrogen-bond donors (Lipinski definition) is 2. The van der Waals surface area contributed by atoms with Crippen molar-refractivity contribution >= 4 is 35.0 Å².